The van der Waals surface area contributed by atoms with Crippen molar-refractivity contribution < 1.29 is 14.3 Å². The van der Waals surface area contributed by atoms with E-state index in [-0.39, 0.29) is 6.61 Å². The summed E-state index contributed by atoms with van der Waals surface area (Å²) in [6, 6.07) is 15.3. The predicted octanol–water partition coefficient (Wildman–Crippen LogP) is 4.53. The number of rotatable bonds is 5. The van der Waals surface area contributed by atoms with Gasteiger partial charge in [0.2, 0.25) is 0 Å². The van der Waals surface area contributed by atoms with E-state index in [1.165, 1.54) is 5.56 Å². The van der Waals surface area contributed by atoms with Gasteiger partial charge in [-0.15, -0.1) is 0 Å². The molecule has 0 unspecified atom stereocenters. The lowest BCUT2D eigenvalue weighted by Crippen LogP contribution is -2.12. The monoisotopic (exact) mass is 284 g/mol. The van der Waals surface area contributed by atoms with Crippen LogP contribution in [-0.2, 0) is 24.2 Å². The Morgan fingerprint density at radius 3 is 2.38 bits per heavy atom. The van der Waals surface area contributed by atoms with Gasteiger partial charge in [-0.1, -0.05) is 56.3 Å². The maximum Gasteiger partial charge on any atom is 0.514 e. The molecule has 0 atom stereocenters. The van der Waals surface area contributed by atoms with Crippen LogP contribution in [0.3, 0.4) is 0 Å². The van der Waals surface area contributed by atoms with Crippen LogP contribution in [0.5, 0.6) is 5.75 Å². The Bertz CT molecular complexity index is 591. The van der Waals surface area contributed by atoms with Crippen LogP contribution < -0.4 is 4.74 Å². The Morgan fingerprint density at radius 1 is 0.952 bits per heavy atom. The van der Waals surface area contributed by atoms with Gasteiger partial charge in [-0.2, -0.15) is 0 Å². The van der Waals surface area contributed by atoms with E-state index in [0.29, 0.717) is 5.75 Å². The number of carbonyl (C=O) groups is 1. The highest BCUT2D eigenvalue weighted by molar-refractivity contribution is 5.65. The molecule has 0 radical (unpaired) electrons. The highest BCUT2D eigenvalue weighted by Crippen LogP contribution is 2.24. The summed E-state index contributed by atoms with van der Waals surface area (Å²) in [6.07, 6.45) is 1.08. The molecule has 2 aromatic carbocycles. The third-order valence-electron chi connectivity index (χ3n) is 3.36. The lowest BCUT2D eigenvalue weighted by Gasteiger charge is -2.12. The maximum absolute atomic E-state index is 11.8. The first kappa shape index (κ1) is 15.1. The summed E-state index contributed by atoms with van der Waals surface area (Å²) in [5.74, 6) is 0.593. The van der Waals surface area contributed by atoms with Crippen LogP contribution in [0.15, 0.2) is 48.5 Å². The van der Waals surface area contributed by atoms with E-state index in [1.54, 1.807) is 0 Å². The van der Waals surface area contributed by atoms with Gasteiger partial charge < -0.3 is 9.47 Å². The molecule has 0 saturated carbocycles. The summed E-state index contributed by atoms with van der Waals surface area (Å²) in [5.41, 5.74) is 3.20. The first-order valence-corrected chi connectivity index (χ1v) is 7.23. The molecule has 0 bridgehead atoms. The van der Waals surface area contributed by atoms with E-state index in [0.717, 1.165) is 24.0 Å². The first-order chi connectivity index (χ1) is 10.2. The highest BCUT2D eigenvalue weighted by Gasteiger charge is 2.12. The summed E-state index contributed by atoms with van der Waals surface area (Å²) in [7, 11) is 0. The minimum absolute atomic E-state index is 0.217. The SMILES string of the molecule is CCc1cccc(OC(=O)OCc2ccccc2)c1CC. The van der Waals surface area contributed by atoms with Crippen LogP contribution in [0.1, 0.15) is 30.5 Å². The van der Waals surface area contributed by atoms with E-state index in [9.17, 15) is 4.79 Å². The molecule has 21 heavy (non-hydrogen) atoms. The second-order valence-electron chi connectivity index (χ2n) is 4.73. The number of carbonyl (C=O) groups excluding carboxylic acids is 1. The standard InChI is InChI=1S/C18H20O3/c1-3-15-11-8-12-17(16(15)4-2)21-18(19)20-13-14-9-6-5-7-10-14/h5-12H,3-4,13H2,1-2H3. The quantitative estimate of drug-likeness (QED) is 0.598. The molecule has 3 heteroatoms. The van der Waals surface area contributed by atoms with Crippen molar-refractivity contribution in [3.05, 3.63) is 65.2 Å². The molecular formula is C18H20O3. The fourth-order valence-corrected chi connectivity index (χ4v) is 2.27. The fourth-order valence-electron chi connectivity index (χ4n) is 2.27. The highest BCUT2D eigenvalue weighted by atomic mass is 16.7. The van der Waals surface area contributed by atoms with E-state index < -0.39 is 6.16 Å². The van der Waals surface area contributed by atoms with Gasteiger partial charge in [-0.25, -0.2) is 4.79 Å². The minimum Gasteiger partial charge on any atom is -0.429 e. The summed E-state index contributed by atoms with van der Waals surface area (Å²) in [5, 5.41) is 0. The van der Waals surface area contributed by atoms with Crippen molar-refractivity contribution in [2.24, 2.45) is 0 Å². The van der Waals surface area contributed by atoms with E-state index in [2.05, 4.69) is 19.9 Å². The third-order valence-corrected chi connectivity index (χ3v) is 3.36. The third kappa shape index (κ3) is 4.09. The zero-order chi connectivity index (χ0) is 15.1. The van der Waals surface area contributed by atoms with Crippen LogP contribution in [0.25, 0.3) is 0 Å². The molecule has 0 spiro atoms. The maximum atomic E-state index is 11.8. The molecule has 2 rings (SSSR count). The van der Waals surface area contributed by atoms with Crippen molar-refractivity contribution in [3.8, 4) is 5.75 Å². The number of hydrogen-bond donors (Lipinski definition) is 0. The van der Waals surface area contributed by atoms with Gasteiger partial charge in [0.25, 0.3) is 0 Å². The molecule has 0 heterocycles. The van der Waals surface area contributed by atoms with Crippen LogP contribution in [-0.4, -0.2) is 6.16 Å². The van der Waals surface area contributed by atoms with Crippen LogP contribution in [0.4, 0.5) is 4.79 Å². The van der Waals surface area contributed by atoms with Crippen molar-refractivity contribution in [1.82, 2.24) is 0 Å². The van der Waals surface area contributed by atoms with Gasteiger partial charge in [0.05, 0.1) is 0 Å². The van der Waals surface area contributed by atoms with Crippen molar-refractivity contribution in [3.63, 3.8) is 0 Å². The summed E-state index contributed by atoms with van der Waals surface area (Å²) in [6.45, 7) is 4.36. The smallest absolute Gasteiger partial charge is 0.429 e. The normalized spacial score (nSPS) is 10.2. The molecule has 0 saturated heterocycles. The molecule has 0 amide bonds. The number of benzene rings is 2. The second kappa shape index (κ2) is 7.48. The van der Waals surface area contributed by atoms with Crippen molar-refractivity contribution >= 4 is 6.16 Å². The van der Waals surface area contributed by atoms with Gasteiger partial charge in [0, 0.05) is 0 Å². The molecule has 0 fully saturated rings. The molecule has 0 aliphatic rings. The zero-order valence-corrected chi connectivity index (χ0v) is 12.5. The average molecular weight is 284 g/mol. The largest absolute Gasteiger partial charge is 0.514 e. The lowest BCUT2D eigenvalue weighted by molar-refractivity contribution is 0.0924. The van der Waals surface area contributed by atoms with Crippen LogP contribution in [0, 0.1) is 0 Å². The topological polar surface area (TPSA) is 35.5 Å². The summed E-state index contributed by atoms with van der Waals surface area (Å²) < 4.78 is 10.5. The van der Waals surface area contributed by atoms with Crippen molar-refractivity contribution in [2.45, 2.75) is 33.3 Å². The fraction of sp³-hybridized carbons (Fsp3) is 0.278. The molecule has 0 aromatic heterocycles. The predicted molar refractivity (Wildman–Crippen MR) is 82.5 cm³/mol. The Morgan fingerprint density at radius 2 is 1.71 bits per heavy atom. The molecule has 0 aliphatic carbocycles. The molecule has 0 aliphatic heterocycles. The minimum atomic E-state index is -0.665. The van der Waals surface area contributed by atoms with Crippen molar-refractivity contribution in [1.29, 1.82) is 0 Å². The van der Waals surface area contributed by atoms with Crippen molar-refractivity contribution in [2.75, 3.05) is 0 Å². The van der Waals surface area contributed by atoms with E-state index >= 15 is 0 Å². The number of hydrogen-bond acceptors (Lipinski definition) is 3. The van der Waals surface area contributed by atoms with E-state index in [4.69, 9.17) is 9.47 Å². The number of ether oxygens (including phenoxy) is 2. The Labute approximate surface area is 125 Å². The molecule has 0 N–H and O–H groups in total. The van der Waals surface area contributed by atoms with Crippen LogP contribution >= 0.6 is 0 Å². The Balaban J connectivity index is 2.00. The molecule has 110 valence electrons. The molecular weight excluding hydrogens is 264 g/mol. The average Bonchev–Trinajstić information content (AvgIpc) is 2.53. The Kier molecular flexibility index (Phi) is 5.38. The first-order valence-electron chi connectivity index (χ1n) is 7.23. The van der Waals surface area contributed by atoms with Gasteiger partial charge in [-0.05, 0) is 35.6 Å². The summed E-state index contributed by atoms with van der Waals surface area (Å²) in [4.78, 5) is 11.8. The Hall–Kier alpha value is -2.29. The molecule has 2 aromatic rings. The lowest BCUT2D eigenvalue weighted by atomic mass is 10.0. The second-order valence-corrected chi connectivity index (χ2v) is 4.73. The zero-order valence-electron chi connectivity index (χ0n) is 12.5. The summed E-state index contributed by atoms with van der Waals surface area (Å²) >= 11 is 0. The van der Waals surface area contributed by atoms with Gasteiger partial charge in [0.1, 0.15) is 12.4 Å². The van der Waals surface area contributed by atoms with Crippen LogP contribution in [0.2, 0.25) is 0 Å². The van der Waals surface area contributed by atoms with Gasteiger partial charge in [-0.3, -0.25) is 0 Å². The van der Waals surface area contributed by atoms with Gasteiger partial charge in [0.15, 0.2) is 0 Å². The molecule has 3 nitrogen and oxygen atoms in total. The number of aryl methyl sites for hydroxylation is 1. The van der Waals surface area contributed by atoms with Gasteiger partial charge >= 0.3 is 6.16 Å². The van der Waals surface area contributed by atoms with E-state index in [1.807, 2.05) is 42.5 Å².